The average molecular weight is 2250 g/mol. The maximum atomic E-state index is 13.3. The summed E-state index contributed by atoms with van der Waals surface area (Å²) in [4.78, 5) is 22.1. The van der Waals surface area contributed by atoms with Gasteiger partial charge in [0.1, 0.15) is 127 Å². The summed E-state index contributed by atoms with van der Waals surface area (Å²) in [6.45, 7) is 27.9. The predicted molar refractivity (Wildman–Crippen MR) is 508 cm³/mol. The number of aldehydes is 1. The number of phenols is 2. The number of hydrogen-bond acceptors (Lipinski definition) is 20. The minimum Gasteiger partial charge on any atom is -1.00 e. The predicted octanol–water partition coefficient (Wildman–Crippen LogP) is 14.3. The first-order chi connectivity index (χ1) is 62.1. The minimum absolute atomic E-state index is 0. The maximum absolute atomic E-state index is 13.3. The number of aromatic hydroxyl groups is 2. The van der Waals surface area contributed by atoms with E-state index in [4.69, 9.17) is 162 Å². The number of methoxy groups -OCH3 is 5. The van der Waals surface area contributed by atoms with Crippen LogP contribution in [0.25, 0.3) is 0 Å². The molecule has 0 bridgehead atoms. The number of hydrogen-bond donors (Lipinski definition) is 4. The molecule has 0 aliphatic carbocycles. The molecule has 136 heavy (non-hydrogen) atoms. The molecule has 5 aliphatic heterocycles. The Labute approximate surface area is 955 Å². The number of benzene rings is 8. The van der Waals surface area contributed by atoms with Gasteiger partial charge in [0.05, 0.1) is 59.6 Å². The van der Waals surface area contributed by atoms with Gasteiger partial charge in [-0.1, -0.05) is 54.1 Å². The molecule has 13 rings (SSSR count). The van der Waals surface area contributed by atoms with Crippen molar-refractivity contribution in [2.24, 2.45) is 0 Å². The van der Waals surface area contributed by atoms with Gasteiger partial charge in [0.25, 0.3) is 6.47 Å². The third-order valence-electron chi connectivity index (χ3n) is 16.9. The van der Waals surface area contributed by atoms with E-state index in [0.29, 0.717) is 123 Å². The molecular weight excluding hydrogens is 2130 g/mol. The molecule has 3 radical (unpaired) electrons. The number of carbonyl (C=O) groups excluding carboxylic acids is 2. The summed E-state index contributed by atoms with van der Waals surface area (Å²) in [5.41, 5.74) is 6.75. The summed E-state index contributed by atoms with van der Waals surface area (Å²) in [5, 5.41) is 43.8. The van der Waals surface area contributed by atoms with E-state index >= 15 is 0 Å². The zero-order valence-electron chi connectivity index (χ0n) is 80.9. The zero-order valence-corrected chi connectivity index (χ0v) is 96.1. The smallest absolute Gasteiger partial charge is 1.00 e. The summed E-state index contributed by atoms with van der Waals surface area (Å²) >= 11 is 17.9. The van der Waals surface area contributed by atoms with E-state index in [0.717, 1.165) is 56.0 Å². The van der Waals surface area contributed by atoms with Crippen LogP contribution in [0.5, 0.6) is 46.0 Å². The molecule has 20 nitrogen and oxygen atoms in total. The Hall–Kier alpha value is -2.33. The van der Waals surface area contributed by atoms with Crippen LogP contribution in [0.1, 0.15) is 116 Å². The zero-order chi connectivity index (χ0) is 102. The molecule has 5 heterocycles. The summed E-state index contributed by atoms with van der Waals surface area (Å²) in [7, 11) is 34.3. The Morgan fingerprint density at radius 1 is 0.537 bits per heavy atom. The Morgan fingerprint density at radius 3 is 1.18 bits per heavy atom. The first-order valence-corrected chi connectivity index (χ1v) is 51.8. The Morgan fingerprint density at radius 2 is 0.846 bits per heavy atom. The molecule has 0 amide bonds. The van der Waals surface area contributed by atoms with Crippen LogP contribution in [0.15, 0.2) is 176 Å². The Balaban J connectivity index is -0.000000228. The van der Waals surface area contributed by atoms with Crippen molar-refractivity contribution in [3.8, 4) is 46.0 Å². The normalized spacial score (nSPS) is 16.9. The fraction of sp³-hybridized carbons (Fsp3) is 0.385. The quantitative estimate of drug-likeness (QED) is 0.00807. The summed E-state index contributed by atoms with van der Waals surface area (Å²) in [5.74, 6) is 2.56. The third kappa shape index (κ3) is 59.9. The van der Waals surface area contributed by atoms with Gasteiger partial charge >= 0.3 is 182 Å². The van der Waals surface area contributed by atoms with Gasteiger partial charge in [-0.3, -0.25) is 14.0 Å². The molecule has 0 aromatic heterocycles. The fourth-order valence-electron chi connectivity index (χ4n) is 12.0. The van der Waals surface area contributed by atoms with Crippen molar-refractivity contribution in [2.75, 3.05) is 88.2 Å². The summed E-state index contributed by atoms with van der Waals surface area (Å²) < 4.78 is 185. The van der Waals surface area contributed by atoms with Gasteiger partial charge in [-0.2, -0.15) is 0 Å². The van der Waals surface area contributed by atoms with Gasteiger partial charge < -0.3 is 85.5 Å². The Bertz CT molecular complexity index is 4830. The molecule has 0 saturated heterocycles. The van der Waals surface area contributed by atoms with E-state index in [1.807, 2.05) is 55.4 Å². The second kappa shape index (κ2) is 74.5. The summed E-state index contributed by atoms with van der Waals surface area (Å²) in [6.07, 6.45) is 4.20. The molecule has 8 aromatic rings. The van der Waals surface area contributed by atoms with Crippen LogP contribution < -0.4 is 166 Å². The van der Waals surface area contributed by atoms with E-state index < -0.39 is 62.0 Å². The van der Waals surface area contributed by atoms with E-state index in [1.54, 1.807) is 52.7 Å². The molecule has 0 spiro atoms. The van der Waals surface area contributed by atoms with E-state index in [2.05, 4.69) is 50.7 Å². The van der Waals surface area contributed by atoms with E-state index in [9.17, 15) is 49.4 Å². The third-order valence-corrected chi connectivity index (χ3v) is 18.0. The van der Waals surface area contributed by atoms with Gasteiger partial charge in [0.2, 0.25) is 14.2 Å². The van der Waals surface area contributed by atoms with Crippen molar-refractivity contribution in [2.45, 2.75) is 139 Å². The van der Waals surface area contributed by atoms with Gasteiger partial charge in [-0.25, -0.2) is 39.3 Å². The first-order valence-electron chi connectivity index (χ1n) is 39.2. The first kappa shape index (κ1) is 140. The largest absolute Gasteiger partial charge is 1.00 e. The molecule has 745 valence electrons. The van der Waals surface area contributed by atoms with Crippen molar-refractivity contribution in [1.82, 2.24) is 0 Å². The number of carbonyl (C=O) groups is 2. The number of fused-ring (bicyclic) bond motifs is 5. The number of ether oxygens (including phenoxy) is 11. The molecule has 8 aromatic carbocycles. The van der Waals surface area contributed by atoms with Crippen LogP contribution in [0.3, 0.4) is 0 Å². The van der Waals surface area contributed by atoms with Gasteiger partial charge in [-0.05, 0) is 207 Å². The SMILES string of the molecule is C=C(C)CCl.C=C(C)COc1ccc(F)cc1.C=C(C)Cc1cc(F)ccc1O.CC1(CO)Cc2cc(F)ccc2O1.COC(Cl)Cl.COCC1(C)Cc2cc(F)cc(C=O)c2O1.COCC1(C)Cc2cc(F)cc(CCl)c2O1.COCC1(C)Cc2cc(F)cc(CO)c2O1.COCC1(C)Cc2cc(F)ccc2O1.O=CO[O-].O=S(Cl)Cl.Oc1ccc(F)cc1.[2HH].[2H]CF.[B].[Cl][Ti]([Cl])([Cl])[Cl].[H-].[H-].[K+].[K+].[Na+]. The molecule has 5 unspecified atom stereocenters. The van der Waals surface area contributed by atoms with Gasteiger partial charge in [-0.15, -0.1) is 23.2 Å². The molecule has 5 atom stereocenters. The number of allylic oxidation sites excluding steroid dienone is 2. The number of rotatable bonds is 20. The number of aliphatic hydroxyl groups is 2. The number of aliphatic hydroxyl groups excluding tert-OH is 2. The van der Waals surface area contributed by atoms with Crippen LogP contribution in [0, 0.1) is 46.5 Å². The average Bonchev–Trinajstić information content (AvgIpc) is 1.64. The standard InChI is InChI=1S/C12H14ClFO2.C12H15FO3.C12H13FO3.C11H13FO2.C10H11FO2.2C10H11FO.C6H5FO.C4H7Cl.C2H4Cl2O.CH3F.CH2O3.B.Cl2OS.4ClH.2K.Na.Ti.H2.2H/c1-12(7-15-2)5-8-3-10(14)4-9(6-13)11(8)16-12;2*1-12(7-15-2)5-8-3-10(13)4-9(6-14)11(8)16-12;1-11(7-13-2)6-8-5-9(12)3-4-10(8)14-11;1-10(6-12)5-7-4-8(11)2-3-9(7)13-10;1-8(2)7-12-10-5-3-9(11)4-6-10;1-7(2)5-8-6-9(11)3-4-10(8)12;7-5-1-3-6(8)4-2-5;1-4(2)3-5;1-5-2(3)4;1-2;2-1-4-3;;1-4(2)3;;;;;;;;;;;/h3-4H,5-7H2,1-2H3;3-4,14H,5-7H2,1-2H3;3-4,6H,5,7H2,1-2H3;3-5H,6-7H2,1-2H3;2-4,12H,5-6H2,1H3;3-6H,1,7H2,2H3;3-4,6,12H,1,5H2,2H3;1-4,8H;1,3H2,2H3;2H,1H3;1H3;1,3H;;;4*1H;;;;;1H;;/q;;;;;;;;;;;;;;;;;;3*+1;+4;;2*-1/p-5/i;;;;;;;;;;1D;;;;;;;;;;;;1+1;;. The van der Waals surface area contributed by atoms with Crippen molar-refractivity contribution in [3.05, 3.63) is 273 Å². The molecule has 0 saturated carbocycles. The van der Waals surface area contributed by atoms with Crippen LogP contribution >= 0.6 is 105 Å². The Kier molecular flexibility index (Phi) is 76.7. The molecule has 45 heteroatoms. The van der Waals surface area contributed by atoms with Crippen molar-refractivity contribution in [3.63, 3.8) is 0 Å². The van der Waals surface area contributed by atoms with Crippen molar-refractivity contribution < 1.29 is 286 Å². The number of alkyl halides is 5. The topological polar surface area (TPSA) is 266 Å². The van der Waals surface area contributed by atoms with Crippen LogP contribution in [-0.4, -0.2) is 167 Å². The molecule has 0 fully saturated rings. The number of halogens is 19. The maximum Gasteiger partial charge on any atom is 1.00 e. The second-order valence-electron chi connectivity index (χ2n) is 30.0. The van der Waals surface area contributed by atoms with Crippen LogP contribution in [0.4, 0.5) is 39.5 Å². The van der Waals surface area contributed by atoms with Gasteiger partial charge in [0, 0.05) is 149 Å². The molecule has 4 N–H and O–H groups in total. The monoisotopic (exact) mass is 2240 g/mol. The van der Waals surface area contributed by atoms with Gasteiger partial charge in [0.15, 0.2) is 6.29 Å². The second-order valence-corrected chi connectivity index (χ2v) is 49.6. The van der Waals surface area contributed by atoms with Crippen molar-refractivity contribution >= 4 is 135 Å². The fourth-order valence-corrected chi connectivity index (χ4v) is 12.2. The molecular formula is C91H112BCl10F9K2NaO20STi. The molecule has 5 aliphatic rings. The van der Waals surface area contributed by atoms with E-state index in [-0.39, 0.29) is 234 Å². The van der Waals surface area contributed by atoms with Crippen molar-refractivity contribution in [1.29, 1.82) is 0 Å². The minimum atomic E-state index is -3.11. The van der Waals surface area contributed by atoms with Crippen LogP contribution in [0.2, 0.25) is 0 Å². The van der Waals surface area contributed by atoms with Crippen LogP contribution in [-0.2, 0) is 106 Å². The number of phenolic OH excluding ortho intramolecular Hbond substituents is 2. The summed E-state index contributed by atoms with van der Waals surface area (Å²) in [6, 6.07) is 32.2. The van der Waals surface area contributed by atoms with E-state index in [1.165, 1.54) is 122 Å².